The first-order chi connectivity index (χ1) is 19.1. The molecule has 8 heteroatoms. The third kappa shape index (κ3) is 7.48. The molecule has 0 bridgehead atoms. The van der Waals surface area contributed by atoms with E-state index in [-0.39, 0.29) is 18.5 Å². The predicted octanol–water partition coefficient (Wildman–Crippen LogP) is 7.34. The van der Waals surface area contributed by atoms with Gasteiger partial charge in [0.05, 0.1) is 25.9 Å². The van der Waals surface area contributed by atoms with Crippen LogP contribution in [0.4, 0.5) is 21.9 Å². The molecular formula is C32H41ClN4O3. The average Bonchev–Trinajstić information content (AvgIpc) is 2.94. The summed E-state index contributed by atoms with van der Waals surface area (Å²) in [4.78, 5) is 29.6. The van der Waals surface area contributed by atoms with Crippen LogP contribution in [0.2, 0.25) is 5.02 Å². The molecule has 3 aromatic carbocycles. The molecule has 0 unspecified atom stereocenters. The summed E-state index contributed by atoms with van der Waals surface area (Å²) in [6, 6.07) is 17.4. The number of benzene rings is 3. The SMILES string of the molecule is CCc1c(Cl)cc(NCC(=O)N(C)C)c(CC)c1NC(=O)N(Cc1ccc(OC)cc1)c1ccc(C(C)C)cc1. The van der Waals surface area contributed by atoms with Gasteiger partial charge in [0.1, 0.15) is 5.75 Å². The summed E-state index contributed by atoms with van der Waals surface area (Å²) in [5.41, 5.74) is 6.13. The second kappa shape index (κ2) is 14.1. The molecule has 2 N–H and O–H groups in total. The van der Waals surface area contributed by atoms with E-state index in [0.29, 0.717) is 36.0 Å². The zero-order valence-electron chi connectivity index (χ0n) is 24.6. The molecule has 0 saturated heterocycles. The molecule has 40 heavy (non-hydrogen) atoms. The number of likely N-dealkylation sites (N-methyl/N-ethyl adjacent to an activating group) is 1. The van der Waals surface area contributed by atoms with Crippen molar-refractivity contribution in [3.8, 4) is 5.75 Å². The van der Waals surface area contributed by atoms with Gasteiger partial charge in [0.2, 0.25) is 5.91 Å². The van der Waals surface area contributed by atoms with Crippen molar-refractivity contribution in [1.82, 2.24) is 4.90 Å². The highest BCUT2D eigenvalue weighted by Gasteiger charge is 2.22. The molecular weight excluding hydrogens is 524 g/mol. The molecule has 0 aliphatic heterocycles. The molecule has 0 spiro atoms. The van der Waals surface area contributed by atoms with Gasteiger partial charge in [0.25, 0.3) is 0 Å². The topological polar surface area (TPSA) is 73.9 Å². The zero-order chi connectivity index (χ0) is 29.4. The molecule has 3 aromatic rings. The Morgan fingerprint density at radius 2 is 1.57 bits per heavy atom. The number of anilines is 3. The Morgan fingerprint density at radius 3 is 2.10 bits per heavy atom. The van der Waals surface area contributed by atoms with Gasteiger partial charge in [0.15, 0.2) is 0 Å². The molecule has 0 heterocycles. The molecule has 0 fully saturated rings. The fourth-order valence-corrected chi connectivity index (χ4v) is 4.83. The maximum atomic E-state index is 14.0. The lowest BCUT2D eigenvalue weighted by Crippen LogP contribution is -2.35. The first-order valence-electron chi connectivity index (χ1n) is 13.7. The molecule has 214 valence electrons. The molecule has 0 aromatic heterocycles. The third-order valence-electron chi connectivity index (χ3n) is 6.97. The van der Waals surface area contributed by atoms with E-state index in [1.165, 1.54) is 10.5 Å². The van der Waals surface area contributed by atoms with Gasteiger partial charge in [-0.2, -0.15) is 0 Å². The summed E-state index contributed by atoms with van der Waals surface area (Å²) in [7, 11) is 5.06. The van der Waals surface area contributed by atoms with Gasteiger partial charge in [-0.25, -0.2) is 4.79 Å². The van der Waals surface area contributed by atoms with E-state index in [1.807, 2.05) is 56.3 Å². The number of hydrogen-bond donors (Lipinski definition) is 2. The summed E-state index contributed by atoms with van der Waals surface area (Å²) in [5.74, 6) is 1.08. The lowest BCUT2D eigenvalue weighted by atomic mass is 10.00. The van der Waals surface area contributed by atoms with Crippen LogP contribution in [0.5, 0.6) is 5.75 Å². The van der Waals surface area contributed by atoms with Crippen molar-refractivity contribution in [3.05, 3.63) is 81.9 Å². The van der Waals surface area contributed by atoms with Gasteiger partial charge in [-0.15, -0.1) is 0 Å². The number of amides is 3. The Labute approximate surface area is 243 Å². The van der Waals surface area contributed by atoms with Crippen molar-refractivity contribution in [3.63, 3.8) is 0 Å². The van der Waals surface area contributed by atoms with Gasteiger partial charge in [0, 0.05) is 30.5 Å². The third-order valence-corrected chi connectivity index (χ3v) is 7.31. The maximum absolute atomic E-state index is 14.0. The van der Waals surface area contributed by atoms with Crippen molar-refractivity contribution in [2.24, 2.45) is 0 Å². The highest BCUT2D eigenvalue weighted by atomic mass is 35.5. The first kappa shape index (κ1) is 30.8. The molecule has 0 radical (unpaired) electrons. The number of nitrogens with zero attached hydrogens (tertiary/aromatic N) is 2. The van der Waals surface area contributed by atoms with Crippen LogP contribution in [-0.4, -0.2) is 44.6 Å². The summed E-state index contributed by atoms with van der Waals surface area (Å²) in [5, 5.41) is 6.96. The van der Waals surface area contributed by atoms with Crippen molar-refractivity contribution < 1.29 is 14.3 Å². The van der Waals surface area contributed by atoms with Crippen LogP contribution >= 0.6 is 11.6 Å². The number of carbonyl (C=O) groups is 2. The number of nitrogens with one attached hydrogen (secondary N) is 2. The Bertz CT molecular complexity index is 1310. The van der Waals surface area contributed by atoms with Gasteiger partial charge >= 0.3 is 6.03 Å². The molecule has 7 nitrogen and oxygen atoms in total. The van der Waals surface area contributed by atoms with E-state index < -0.39 is 0 Å². The van der Waals surface area contributed by atoms with Crippen molar-refractivity contribution in [2.75, 3.05) is 43.3 Å². The number of carbonyl (C=O) groups excluding carboxylic acids is 2. The van der Waals surface area contributed by atoms with Crippen molar-refractivity contribution >= 4 is 40.6 Å². The second-order valence-corrected chi connectivity index (χ2v) is 10.6. The van der Waals surface area contributed by atoms with Gasteiger partial charge in [-0.05, 0) is 71.3 Å². The minimum atomic E-state index is -0.268. The number of methoxy groups -OCH3 is 1. The molecule has 3 rings (SSSR count). The molecule has 0 aliphatic carbocycles. The fraction of sp³-hybridized carbons (Fsp3) is 0.375. The Morgan fingerprint density at radius 1 is 0.950 bits per heavy atom. The predicted molar refractivity (Wildman–Crippen MR) is 166 cm³/mol. The smallest absolute Gasteiger partial charge is 0.326 e. The van der Waals surface area contributed by atoms with Crippen LogP contribution in [-0.2, 0) is 24.2 Å². The van der Waals surface area contributed by atoms with Gasteiger partial charge < -0.3 is 20.3 Å². The van der Waals surface area contributed by atoms with Crippen LogP contribution in [0.15, 0.2) is 54.6 Å². The number of urea groups is 1. The fourth-order valence-electron chi connectivity index (χ4n) is 4.50. The summed E-state index contributed by atoms with van der Waals surface area (Å²) in [6.45, 7) is 8.82. The molecule has 0 saturated carbocycles. The van der Waals surface area contributed by atoms with E-state index in [1.54, 1.807) is 26.1 Å². The van der Waals surface area contributed by atoms with E-state index >= 15 is 0 Å². The van der Waals surface area contributed by atoms with Crippen LogP contribution in [0, 0.1) is 0 Å². The molecule has 3 amide bonds. The normalized spacial score (nSPS) is 10.8. The number of ether oxygens (including phenoxy) is 1. The summed E-state index contributed by atoms with van der Waals surface area (Å²) >= 11 is 6.71. The maximum Gasteiger partial charge on any atom is 0.326 e. The van der Waals surface area contributed by atoms with Crippen molar-refractivity contribution in [2.45, 2.75) is 53.0 Å². The largest absolute Gasteiger partial charge is 0.497 e. The second-order valence-electron chi connectivity index (χ2n) is 10.2. The Hall–Kier alpha value is -3.71. The number of hydrogen-bond acceptors (Lipinski definition) is 4. The molecule has 0 aliphatic rings. The average molecular weight is 565 g/mol. The quantitative estimate of drug-likeness (QED) is 0.255. The van der Waals surface area contributed by atoms with E-state index in [0.717, 1.165) is 33.8 Å². The number of rotatable bonds is 11. The van der Waals surface area contributed by atoms with E-state index in [4.69, 9.17) is 16.3 Å². The van der Waals surface area contributed by atoms with Crippen LogP contribution < -0.4 is 20.3 Å². The van der Waals surface area contributed by atoms with Crippen molar-refractivity contribution in [1.29, 1.82) is 0 Å². The van der Waals surface area contributed by atoms with Gasteiger partial charge in [-0.3, -0.25) is 9.69 Å². The number of halogens is 1. The highest BCUT2D eigenvalue weighted by Crippen LogP contribution is 2.36. The Kier molecular flexibility index (Phi) is 10.8. The standard InChI is InChI=1S/C32H41ClN4O3/c1-8-26-28(33)18-29(34-19-30(38)36(5)6)27(9-2)31(26)35-32(39)37(20-22-10-16-25(40-7)17-11-22)24-14-12-23(13-15-24)21(3)4/h10-18,21,34H,8-9,19-20H2,1-7H3,(H,35,39). The van der Waals surface area contributed by atoms with Crippen LogP contribution in [0.25, 0.3) is 0 Å². The monoisotopic (exact) mass is 564 g/mol. The van der Waals surface area contributed by atoms with Gasteiger partial charge in [-0.1, -0.05) is 63.6 Å². The zero-order valence-corrected chi connectivity index (χ0v) is 25.4. The summed E-state index contributed by atoms with van der Waals surface area (Å²) < 4.78 is 5.31. The van der Waals surface area contributed by atoms with Crippen LogP contribution in [0.1, 0.15) is 55.9 Å². The Balaban J connectivity index is 2.02. The summed E-state index contributed by atoms with van der Waals surface area (Å²) in [6.07, 6.45) is 1.28. The highest BCUT2D eigenvalue weighted by molar-refractivity contribution is 6.32. The minimum Gasteiger partial charge on any atom is -0.497 e. The first-order valence-corrected chi connectivity index (χ1v) is 14.1. The minimum absolute atomic E-state index is 0.0566. The lowest BCUT2D eigenvalue weighted by Gasteiger charge is -2.27. The lowest BCUT2D eigenvalue weighted by molar-refractivity contribution is -0.126. The van der Waals surface area contributed by atoms with E-state index in [2.05, 4.69) is 36.6 Å². The molecule has 0 atom stereocenters. The van der Waals surface area contributed by atoms with Crippen LogP contribution in [0.3, 0.4) is 0 Å². The van der Waals surface area contributed by atoms with E-state index in [9.17, 15) is 9.59 Å².